The summed E-state index contributed by atoms with van der Waals surface area (Å²) in [6, 6.07) is 12.7. The van der Waals surface area contributed by atoms with Gasteiger partial charge in [-0.15, -0.1) is 0 Å². The van der Waals surface area contributed by atoms with Crippen LogP contribution in [0.4, 0.5) is 11.4 Å². The lowest BCUT2D eigenvalue weighted by molar-refractivity contribution is -0.117. The number of halogens is 2. The molecule has 19 heavy (non-hydrogen) atoms. The van der Waals surface area contributed by atoms with Gasteiger partial charge in [-0.3, -0.25) is 4.79 Å². The number of nitrogens with one attached hydrogen (secondary N) is 1. The first-order valence-corrected chi connectivity index (χ1v) is 6.39. The van der Waals surface area contributed by atoms with E-state index in [2.05, 4.69) is 5.32 Å². The molecule has 0 radical (unpaired) electrons. The molecule has 0 saturated heterocycles. The van der Waals surface area contributed by atoms with Crippen LogP contribution in [0.5, 0.6) is 0 Å². The van der Waals surface area contributed by atoms with Crippen molar-refractivity contribution in [2.24, 2.45) is 5.73 Å². The van der Waals surface area contributed by atoms with Crippen LogP contribution in [-0.2, 0) is 11.2 Å². The summed E-state index contributed by atoms with van der Waals surface area (Å²) in [5, 5.41) is 4.32. The molecule has 1 amide bonds. The zero-order valence-corrected chi connectivity index (χ0v) is 11.5. The van der Waals surface area contributed by atoms with Gasteiger partial charge >= 0.3 is 0 Å². The number of anilines is 2. The fraction of sp³-hybridized carbons (Fsp3) is 0.0714. The van der Waals surface area contributed by atoms with E-state index in [9.17, 15) is 4.79 Å². The lowest BCUT2D eigenvalue weighted by atomic mass is 10.1. The summed E-state index contributed by atoms with van der Waals surface area (Å²) >= 11 is 11.8. The number of hydrogen-bond acceptors (Lipinski definition) is 2. The molecule has 0 bridgehead atoms. The maximum Gasteiger partial charge on any atom is 0.221 e. The van der Waals surface area contributed by atoms with Crippen LogP contribution in [0.25, 0.3) is 0 Å². The second kappa shape index (κ2) is 5.95. The van der Waals surface area contributed by atoms with Crippen molar-refractivity contribution < 1.29 is 4.79 Å². The van der Waals surface area contributed by atoms with E-state index in [1.165, 1.54) is 0 Å². The fourth-order valence-corrected chi connectivity index (χ4v) is 2.23. The maximum atomic E-state index is 10.8. The highest BCUT2D eigenvalue weighted by Gasteiger charge is 2.01. The number of benzene rings is 2. The average molecular weight is 295 g/mol. The van der Waals surface area contributed by atoms with Gasteiger partial charge in [0.25, 0.3) is 0 Å². The topological polar surface area (TPSA) is 55.1 Å². The summed E-state index contributed by atoms with van der Waals surface area (Å²) in [5.74, 6) is -0.345. The third kappa shape index (κ3) is 4.16. The molecule has 3 nitrogen and oxygen atoms in total. The monoisotopic (exact) mass is 294 g/mol. The Balaban J connectivity index is 2.12. The molecule has 0 aliphatic heterocycles. The first kappa shape index (κ1) is 13.7. The Morgan fingerprint density at radius 3 is 2.11 bits per heavy atom. The molecule has 0 heterocycles. The number of carbonyl (C=O) groups is 1. The normalized spacial score (nSPS) is 10.2. The SMILES string of the molecule is NC(=O)Cc1ccc(Nc2cc(Cl)cc(Cl)c2)cc1. The van der Waals surface area contributed by atoms with Crippen molar-refractivity contribution in [3.8, 4) is 0 Å². The largest absolute Gasteiger partial charge is 0.369 e. The summed E-state index contributed by atoms with van der Waals surface area (Å²) in [6.45, 7) is 0. The lowest BCUT2D eigenvalue weighted by Crippen LogP contribution is -2.13. The molecule has 0 unspecified atom stereocenters. The van der Waals surface area contributed by atoms with Gasteiger partial charge in [0.15, 0.2) is 0 Å². The van der Waals surface area contributed by atoms with E-state index in [0.29, 0.717) is 10.0 Å². The second-order valence-corrected chi connectivity index (χ2v) is 5.00. The molecule has 2 rings (SSSR count). The molecule has 0 saturated carbocycles. The molecule has 0 spiro atoms. The van der Waals surface area contributed by atoms with E-state index >= 15 is 0 Å². The Bertz CT molecular complexity index is 577. The van der Waals surface area contributed by atoms with Crippen molar-refractivity contribution >= 4 is 40.5 Å². The van der Waals surface area contributed by atoms with Crippen molar-refractivity contribution in [2.45, 2.75) is 6.42 Å². The summed E-state index contributed by atoms with van der Waals surface area (Å²) in [6.07, 6.45) is 0.239. The van der Waals surface area contributed by atoms with Gasteiger partial charge in [0.2, 0.25) is 5.91 Å². The Kier molecular flexibility index (Phi) is 4.30. The average Bonchev–Trinajstić information content (AvgIpc) is 2.29. The van der Waals surface area contributed by atoms with E-state index in [1.54, 1.807) is 18.2 Å². The number of rotatable bonds is 4. The van der Waals surface area contributed by atoms with E-state index < -0.39 is 0 Å². The fourth-order valence-electron chi connectivity index (χ4n) is 1.70. The van der Waals surface area contributed by atoms with Crippen LogP contribution in [0.1, 0.15) is 5.56 Å². The first-order chi connectivity index (χ1) is 9.02. The Morgan fingerprint density at radius 2 is 1.58 bits per heavy atom. The van der Waals surface area contributed by atoms with E-state index in [-0.39, 0.29) is 12.3 Å². The number of amides is 1. The zero-order valence-electron chi connectivity index (χ0n) is 9.99. The van der Waals surface area contributed by atoms with E-state index in [1.807, 2.05) is 24.3 Å². The lowest BCUT2D eigenvalue weighted by Gasteiger charge is -2.08. The summed E-state index contributed by atoms with van der Waals surface area (Å²) < 4.78 is 0. The van der Waals surface area contributed by atoms with Crippen molar-refractivity contribution in [2.75, 3.05) is 5.32 Å². The minimum atomic E-state index is -0.345. The molecule has 98 valence electrons. The van der Waals surface area contributed by atoms with Gasteiger partial charge in [0, 0.05) is 21.4 Å². The zero-order chi connectivity index (χ0) is 13.8. The van der Waals surface area contributed by atoms with Crippen LogP contribution in [0.2, 0.25) is 10.0 Å². The first-order valence-electron chi connectivity index (χ1n) is 5.63. The van der Waals surface area contributed by atoms with Gasteiger partial charge in [-0.2, -0.15) is 0 Å². The molecule has 0 fully saturated rings. The van der Waals surface area contributed by atoms with Gasteiger partial charge in [-0.05, 0) is 35.9 Å². The highest BCUT2D eigenvalue weighted by atomic mass is 35.5. The molecular weight excluding hydrogens is 283 g/mol. The minimum Gasteiger partial charge on any atom is -0.369 e. The Hall–Kier alpha value is -1.71. The summed E-state index contributed by atoms with van der Waals surface area (Å²) in [5.41, 5.74) is 7.70. The maximum absolute atomic E-state index is 10.8. The van der Waals surface area contributed by atoms with Crippen LogP contribution in [0.3, 0.4) is 0 Å². The molecule has 0 aliphatic rings. The van der Waals surface area contributed by atoms with E-state index in [4.69, 9.17) is 28.9 Å². The smallest absolute Gasteiger partial charge is 0.221 e. The van der Waals surface area contributed by atoms with Crippen molar-refractivity contribution in [1.82, 2.24) is 0 Å². The van der Waals surface area contributed by atoms with Crippen LogP contribution in [0.15, 0.2) is 42.5 Å². The molecular formula is C14H12Cl2N2O. The van der Waals surface area contributed by atoms with E-state index in [0.717, 1.165) is 16.9 Å². The molecule has 2 aromatic carbocycles. The number of hydrogen-bond donors (Lipinski definition) is 2. The molecule has 5 heteroatoms. The van der Waals surface area contributed by atoms with Gasteiger partial charge < -0.3 is 11.1 Å². The summed E-state index contributed by atoms with van der Waals surface area (Å²) in [4.78, 5) is 10.8. The highest BCUT2D eigenvalue weighted by Crippen LogP contribution is 2.25. The molecule has 2 aromatic rings. The molecule has 0 aromatic heterocycles. The third-order valence-electron chi connectivity index (χ3n) is 2.48. The standard InChI is InChI=1S/C14H12Cl2N2O/c15-10-6-11(16)8-13(7-10)18-12-3-1-9(2-4-12)5-14(17)19/h1-4,6-8,18H,5H2,(H2,17,19). The van der Waals surface area contributed by atoms with Gasteiger partial charge in [-0.1, -0.05) is 35.3 Å². The van der Waals surface area contributed by atoms with Crippen LogP contribution in [0, 0.1) is 0 Å². The van der Waals surface area contributed by atoms with Crippen molar-refractivity contribution in [3.05, 3.63) is 58.1 Å². The molecule has 0 atom stereocenters. The third-order valence-corrected chi connectivity index (χ3v) is 2.92. The molecule has 3 N–H and O–H groups in total. The van der Waals surface area contributed by atoms with Crippen LogP contribution < -0.4 is 11.1 Å². The summed E-state index contributed by atoms with van der Waals surface area (Å²) in [7, 11) is 0. The van der Waals surface area contributed by atoms with Gasteiger partial charge in [-0.25, -0.2) is 0 Å². The van der Waals surface area contributed by atoms with Crippen molar-refractivity contribution in [1.29, 1.82) is 0 Å². The van der Waals surface area contributed by atoms with Crippen LogP contribution in [-0.4, -0.2) is 5.91 Å². The molecule has 0 aliphatic carbocycles. The number of carbonyl (C=O) groups excluding carboxylic acids is 1. The Morgan fingerprint density at radius 1 is 1.00 bits per heavy atom. The highest BCUT2D eigenvalue weighted by molar-refractivity contribution is 6.35. The minimum absolute atomic E-state index is 0.239. The quantitative estimate of drug-likeness (QED) is 0.902. The van der Waals surface area contributed by atoms with Crippen LogP contribution >= 0.6 is 23.2 Å². The Labute approximate surface area is 121 Å². The second-order valence-electron chi connectivity index (χ2n) is 4.12. The predicted molar refractivity (Wildman–Crippen MR) is 79.1 cm³/mol. The number of primary amides is 1. The van der Waals surface area contributed by atoms with Crippen molar-refractivity contribution in [3.63, 3.8) is 0 Å². The van der Waals surface area contributed by atoms with Gasteiger partial charge in [0.1, 0.15) is 0 Å². The van der Waals surface area contributed by atoms with Gasteiger partial charge in [0.05, 0.1) is 6.42 Å². The number of nitrogens with two attached hydrogens (primary N) is 1. The predicted octanol–water partition coefficient (Wildman–Crippen LogP) is 3.76.